The second kappa shape index (κ2) is 8.39. The zero-order valence-electron chi connectivity index (χ0n) is 12.3. The van der Waals surface area contributed by atoms with Crippen LogP contribution in [0.5, 0.6) is 0 Å². The third-order valence-electron chi connectivity index (χ3n) is 3.86. The molecule has 0 heterocycles. The molecular formula is C16H20Cl2N2O2. The number of amides is 2. The van der Waals surface area contributed by atoms with Crippen molar-refractivity contribution in [1.29, 1.82) is 0 Å². The van der Waals surface area contributed by atoms with Crippen LogP contribution >= 0.6 is 23.2 Å². The fraction of sp³-hybridized carbons (Fsp3) is 0.500. The first-order valence-corrected chi connectivity index (χ1v) is 8.34. The molecule has 6 heteroatoms. The molecule has 2 amide bonds. The molecule has 1 fully saturated rings. The van der Waals surface area contributed by atoms with Gasteiger partial charge in [0.15, 0.2) is 0 Å². The van der Waals surface area contributed by atoms with Gasteiger partial charge < -0.3 is 10.6 Å². The second-order valence-electron chi connectivity index (χ2n) is 5.51. The van der Waals surface area contributed by atoms with Gasteiger partial charge >= 0.3 is 0 Å². The topological polar surface area (TPSA) is 58.2 Å². The van der Waals surface area contributed by atoms with Crippen LogP contribution in [0.3, 0.4) is 0 Å². The summed E-state index contributed by atoms with van der Waals surface area (Å²) >= 11 is 11.8. The molecule has 0 saturated heterocycles. The number of hydrogen-bond donors (Lipinski definition) is 2. The van der Waals surface area contributed by atoms with Crippen LogP contribution < -0.4 is 10.6 Å². The SMILES string of the molecule is O=C(NCCNC(=O)C1CCCCC1)c1cc(Cl)ccc1Cl. The van der Waals surface area contributed by atoms with E-state index in [4.69, 9.17) is 23.2 Å². The van der Waals surface area contributed by atoms with E-state index >= 15 is 0 Å². The van der Waals surface area contributed by atoms with Crippen molar-refractivity contribution < 1.29 is 9.59 Å². The van der Waals surface area contributed by atoms with E-state index in [1.807, 2.05) is 0 Å². The summed E-state index contributed by atoms with van der Waals surface area (Å²) < 4.78 is 0. The summed E-state index contributed by atoms with van der Waals surface area (Å²) in [5.74, 6) is -0.0685. The third-order valence-corrected chi connectivity index (χ3v) is 4.42. The van der Waals surface area contributed by atoms with E-state index in [1.165, 1.54) is 12.5 Å². The highest BCUT2D eigenvalue weighted by atomic mass is 35.5. The van der Waals surface area contributed by atoms with E-state index in [1.54, 1.807) is 12.1 Å². The third kappa shape index (κ3) is 4.89. The summed E-state index contributed by atoms with van der Waals surface area (Å²) in [6, 6.07) is 4.74. The van der Waals surface area contributed by atoms with Gasteiger partial charge in [0.05, 0.1) is 10.6 Å². The lowest BCUT2D eigenvalue weighted by Gasteiger charge is -2.20. The summed E-state index contributed by atoms with van der Waals surface area (Å²) in [4.78, 5) is 23.9. The standard InChI is InChI=1S/C16H20Cl2N2O2/c17-12-6-7-14(18)13(10-12)16(22)20-9-8-19-15(21)11-4-2-1-3-5-11/h6-7,10-11H,1-5,8-9H2,(H,19,21)(H,20,22). The summed E-state index contributed by atoms with van der Waals surface area (Å²) in [6.45, 7) is 0.777. The van der Waals surface area contributed by atoms with Crippen molar-refractivity contribution in [3.05, 3.63) is 33.8 Å². The molecule has 22 heavy (non-hydrogen) atoms. The molecule has 0 unspecified atom stereocenters. The number of carbonyl (C=O) groups is 2. The molecule has 0 aromatic heterocycles. The van der Waals surface area contributed by atoms with Crippen molar-refractivity contribution in [2.45, 2.75) is 32.1 Å². The fourth-order valence-corrected chi connectivity index (χ4v) is 3.01. The van der Waals surface area contributed by atoms with E-state index in [9.17, 15) is 9.59 Å². The molecule has 1 saturated carbocycles. The average molecular weight is 343 g/mol. The maximum atomic E-state index is 12.0. The quantitative estimate of drug-likeness (QED) is 0.805. The van der Waals surface area contributed by atoms with Crippen molar-refractivity contribution in [3.63, 3.8) is 0 Å². The zero-order chi connectivity index (χ0) is 15.9. The molecule has 1 aliphatic carbocycles. The van der Waals surface area contributed by atoms with Crippen LogP contribution in [0.15, 0.2) is 18.2 Å². The largest absolute Gasteiger partial charge is 0.354 e. The molecule has 120 valence electrons. The maximum absolute atomic E-state index is 12.0. The van der Waals surface area contributed by atoms with Crippen molar-refractivity contribution in [3.8, 4) is 0 Å². The Morgan fingerprint density at radius 3 is 2.45 bits per heavy atom. The molecule has 2 rings (SSSR count). The molecule has 2 N–H and O–H groups in total. The lowest BCUT2D eigenvalue weighted by Crippen LogP contribution is -2.38. The fourth-order valence-electron chi connectivity index (χ4n) is 2.64. The van der Waals surface area contributed by atoms with Crippen molar-refractivity contribution in [2.24, 2.45) is 5.92 Å². The van der Waals surface area contributed by atoms with E-state index < -0.39 is 0 Å². The molecule has 0 spiro atoms. The van der Waals surface area contributed by atoms with E-state index in [2.05, 4.69) is 10.6 Å². The summed E-state index contributed by atoms with van der Waals surface area (Å²) in [5.41, 5.74) is 0.341. The number of nitrogens with one attached hydrogen (secondary N) is 2. The van der Waals surface area contributed by atoms with Gasteiger partial charge in [0, 0.05) is 24.0 Å². The number of halogens is 2. The highest BCUT2D eigenvalue weighted by Gasteiger charge is 2.20. The Labute approximate surface area is 140 Å². The second-order valence-corrected chi connectivity index (χ2v) is 6.35. The van der Waals surface area contributed by atoms with Gasteiger partial charge in [-0.2, -0.15) is 0 Å². The number of rotatable bonds is 5. The summed E-state index contributed by atoms with van der Waals surface area (Å²) in [5, 5.41) is 6.41. The van der Waals surface area contributed by atoms with Gasteiger partial charge in [-0.25, -0.2) is 0 Å². The number of carbonyl (C=O) groups excluding carboxylic acids is 2. The average Bonchev–Trinajstić information content (AvgIpc) is 2.54. The maximum Gasteiger partial charge on any atom is 0.252 e. The van der Waals surface area contributed by atoms with Gasteiger partial charge in [-0.1, -0.05) is 42.5 Å². The van der Waals surface area contributed by atoms with Crippen molar-refractivity contribution in [2.75, 3.05) is 13.1 Å². The predicted octanol–water partition coefficient (Wildman–Crippen LogP) is 3.42. The van der Waals surface area contributed by atoms with Gasteiger partial charge in [-0.05, 0) is 31.0 Å². The molecule has 4 nitrogen and oxygen atoms in total. The number of benzene rings is 1. The molecule has 1 aliphatic rings. The first-order chi connectivity index (χ1) is 10.6. The van der Waals surface area contributed by atoms with Gasteiger partial charge in [0.25, 0.3) is 5.91 Å². The molecule has 0 radical (unpaired) electrons. The Hall–Kier alpha value is -1.26. The Kier molecular flexibility index (Phi) is 6.52. The molecular weight excluding hydrogens is 323 g/mol. The highest BCUT2D eigenvalue weighted by Crippen LogP contribution is 2.23. The minimum absolute atomic E-state index is 0.0923. The lowest BCUT2D eigenvalue weighted by molar-refractivity contribution is -0.125. The minimum atomic E-state index is -0.292. The van der Waals surface area contributed by atoms with Gasteiger partial charge in [0.1, 0.15) is 0 Å². The Balaban J connectivity index is 1.73. The van der Waals surface area contributed by atoms with Crippen LogP contribution in [0, 0.1) is 5.92 Å². The van der Waals surface area contributed by atoms with Crippen LogP contribution in [-0.2, 0) is 4.79 Å². The van der Waals surface area contributed by atoms with E-state index in [0.29, 0.717) is 28.7 Å². The lowest BCUT2D eigenvalue weighted by atomic mass is 9.89. The van der Waals surface area contributed by atoms with Gasteiger partial charge in [-0.3, -0.25) is 9.59 Å². The molecule has 1 aromatic rings. The monoisotopic (exact) mass is 342 g/mol. The van der Waals surface area contributed by atoms with Gasteiger partial charge in [-0.15, -0.1) is 0 Å². The first kappa shape index (κ1) is 17.1. The number of hydrogen-bond acceptors (Lipinski definition) is 2. The van der Waals surface area contributed by atoms with Crippen molar-refractivity contribution in [1.82, 2.24) is 10.6 Å². The van der Waals surface area contributed by atoms with Crippen LogP contribution in [0.4, 0.5) is 0 Å². The smallest absolute Gasteiger partial charge is 0.252 e. The predicted molar refractivity (Wildman–Crippen MR) is 88.4 cm³/mol. The van der Waals surface area contributed by atoms with E-state index in [0.717, 1.165) is 25.7 Å². The van der Waals surface area contributed by atoms with Crippen LogP contribution in [-0.4, -0.2) is 24.9 Å². The molecule has 0 bridgehead atoms. The molecule has 1 aromatic carbocycles. The van der Waals surface area contributed by atoms with Crippen LogP contribution in [0.25, 0.3) is 0 Å². The summed E-state index contributed by atoms with van der Waals surface area (Å²) in [7, 11) is 0. The summed E-state index contributed by atoms with van der Waals surface area (Å²) in [6.07, 6.45) is 5.41. The van der Waals surface area contributed by atoms with Crippen molar-refractivity contribution >= 4 is 35.0 Å². The Morgan fingerprint density at radius 2 is 1.73 bits per heavy atom. The van der Waals surface area contributed by atoms with E-state index in [-0.39, 0.29) is 17.7 Å². The minimum Gasteiger partial charge on any atom is -0.354 e. The first-order valence-electron chi connectivity index (χ1n) is 7.59. The molecule has 0 atom stereocenters. The Morgan fingerprint density at radius 1 is 1.05 bits per heavy atom. The zero-order valence-corrected chi connectivity index (χ0v) is 13.8. The van der Waals surface area contributed by atoms with Crippen LogP contribution in [0.1, 0.15) is 42.5 Å². The highest BCUT2D eigenvalue weighted by molar-refractivity contribution is 6.35. The van der Waals surface area contributed by atoms with Gasteiger partial charge in [0.2, 0.25) is 5.91 Å². The Bertz CT molecular complexity index is 543. The molecule has 0 aliphatic heterocycles. The van der Waals surface area contributed by atoms with Crippen LogP contribution in [0.2, 0.25) is 10.0 Å². The normalized spacial score (nSPS) is 15.4.